The Morgan fingerprint density at radius 3 is 2.09 bits per heavy atom. The van der Waals surface area contributed by atoms with Crippen molar-refractivity contribution in [2.24, 2.45) is 11.8 Å². The quantitative estimate of drug-likeness (QED) is 0.629. The largest absolute Gasteiger partial charge is 0.426 e. The molecule has 0 aromatic heterocycles. The first-order chi connectivity index (χ1) is 10.9. The third kappa shape index (κ3) is 4.57. The van der Waals surface area contributed by atoms with Crippen molar-refractivity contribution in [3.05, 3.63) is 29.8 Å². The van der Waals surface area contributed by atoms with Crippen molar-refractivity contribution in [2.75, 3.05) is 13.1 Å². The molecule has 0 aliphatic carbocycles. The molecule has 0 atom stereocenters. The van der Waals surface area contributed by atoms with Gasteiger partial charge in [-0.05, 0) is 36.5 Å². The number of hydrogen-bond donors (Lipinski definition) is 0. The topological polar surface area (TPSA) is 46.6 Å². The minimum absolute atomic E-state index is 0.0120. The van der Waals surface area contributed by atoms with E-state index in [1.165, 1.54) is 5.56 Å². The Morgan fingerprint density at radius 1 is 1.04 bits per heavy atom. The van der Waals surface area contributed by atoms with Crippen LogP contribution in [-0.4, -0.2) is 29.9 Å². The van der Waals surface area contributed by atoms with Crippen LogP contribution >= 0.6 is 0 Å². The Balaban J connectivity index is 1.86. The number of amides is 1. The molecule has 0 saturated carbocycles. The average molecular weight is 317 g/mol. The molecule has 0 radical (unpaired) electrons. The Hall–Kier alpha value is -1.84. The molecule has 0 N–H and O–H groups in total. The van der Waals surface area contributed by atoms with Crippen LogP contribution in [0.1, 0.15) is 52.0 Å². The molecule has 4 heteroatoms. The highest BCUT2D eigenvalue weighted by molar-refractivity contribution is 5.79. The zero-order chi connectivity index (χ0) is 17.0. The third-order valence-corrected chi connectivity index (χ3v) is 4.40. The highest BCUT2D eigenvalue weighted by Crippen LogP contribution is 2.23. The first kappa shape index (κ1) is 17.5. The van der Waals surface area contributed by atoms with E-state index in [-0.39, 0.29) is 23.7 Å². The number of carbonyl (C=O) groups excluding carboxylic acids is 2. The summed E-state index contributed by atoms with van der Waals surface area (Å²) in [6.45, 7) is 9.36. The number of esters is 1. The SMILES string of the molecule is CC(C)C(=O)N1CCC(C(=O)Oc2ccc(C(C)C)cc2)CC1. The van der Waals surface area contributed by atoms with Crippen LogP contribution in [0, 0.1) is 11.8 Å². The second-order valence-corrected chi connectivity index (χ2v) is 6.90. The number of ether oxygens (including phenoxy) is 1. The lowest BCUT2D eigenvalue weighted by atomic mass is 9.96. The summed E-state index contributed by atoms with van der Waals surface area (Å²) >= 11 is 0. The van der Waals surface area contributed by atoms with Crippen LogP contribution in [-0.2, 0) is 9.59 Å². The molecule has 1 aliphatic heterocycles. The molecule has 4 nitrogen and oxygen atoms in total. The van der Waals surface area contributed by atoms with Crippen LogP contribution in [0.25, 0.3) is 0 Å². The molecule has 126 valence electrons. The van der Waals surface area contributed by atoms with Crippen molar-refractivity contribution < 1.29 is 14.3 Å². The van der Waals surface area contributed by atoms with Crippen molar-refractivity contribution in [1.82, 2.24) is 4.90 Å². The van der Waals surface area contributed by atoms with Gasteiger partial charge in [0.05, 0.1) is 5.92 Å². The number of hydrogen-bond acceptors (Lipinski definition) is 3. The molecule has 1 aromatic carbocycles. The molecule has 23 heavy (non-hydrogen) atoms. The van der Waals surface area contributed by atoms with E-state index in [1.54, 1.807) is 0 Å². The smallest absolute Gasteiger partial charge is 0.314 e. The number of likely N-dealkylation sites (tertiary alicyclic amines) is 1. The summed E-state index contributed by atoms with van der Waals surface area (Å²) in [5.41, 5.74) is 1.23. The van der Waals surface area contributed by atoms with Gasteiger partial charge in [-0.25, -0.2) is 0 Å². The fraction of sp³-hybridized carbons (Fsp3) is 0.579. The normalized spacial score (nSPS) is 16.0. The van der Waals surface area contributed by atoms with Gasteiger partial charge in [-0.2, -0.15) is 0 Å². The maximum atomic E-state index is 12.3. The van der Waals surface area contributed by atoms with Crippen LogP contribution in [0.5, 0.6) is 5.75 Å². The van der Waals surface area contributed by atoms with Crippen molar-refractivity contribution in [2.45, 2.75) is 46.5 Å². The molecule has 1 aliphatic rings. The third-order valence-electron chi connectivity index (χ3n) is 4.40. The molecule has 1 amide bonds. The molecule has 2 rings (SSSR count). The fourth-order valence-electron chi connectivity index (χ4n) is 2.82. The minimum atomic E-state index is -0.182. The van der Waals surface area contributed by atoms with Gasteiger partial charge in [0.25, 0.3) is 0 Å². The van der Waals surface area contributed by atoms with Gasteiger partial charge in [0, 0.05) is 19.0 Å². The predicted molar refractivity (Wildman–Crippen MR) is 90.3 cm³/mol. The van der Waals surface area contributed by atoms with E-state index in [1.807, 2.05) is 43.0 Å². The van der Waals surface area contributed by atoms with Crippen LogP contribution in [0.2, 0.25) is 0 Å². The molecular formula is C19H27NO3. The number of nitrogens with zero attached hydrogens (tertiary/aromatic N) is 1. The number of benzene rings is 1. The Morgan fingerprint density at radius 2 is 1.61 bits per heavy atom. The number of piperidine rings is 1. The van der Waals surface area contributed by atoms with E-state index in [0.717, 1.165) is 0 Å². The Kier molecular flexibility index (Phi) is 5.80. The highest BCUT2D eigenvalue weighted by Gasteiger charge is 2.29. The van der Waals surface area contributed by atoms with Crippen molar-refractivity contribution in [3.63, 3.8) is 0 Å². The van der Waals surface area contributed by atoms with E-state index in [4.69, 9.17) is 4.74 Å². The van der Waals surface area contributed by atoms with Gasteiger partial charge in [-0.3, -0.25) is 9.59 Å². The van der Waals surface area contributed by atoms with Gasteiger partial charge in [-0.15, -0.1) is 0 Å². The van der Waals surface area contributed by atoms with Crippen molar-refractivity contribution in [3.8, 4) is 5.75 Å². The second-order valence-electron chi connectivity index (χ2n) is 6.90. The van der Waals surface area contributed by atoms with E-state index in [2.05, 4.69) is 13.8 Å². The zero-order valence-corrected chi connectivity index (χ0v) is 14.5. The van der Waals surface area contributed by atoms with E-state index >= 15 is 0 Å². The molecule has 1 aromatic rings. The Bertz CT molecular complexity index is 540. The van der Waals surface area contributed by atoms with Crippen LogP contribution in [0.4, 0.5) is 0 Å². The van der Waals surface area contributed by atoms with Gasteiger partial charge in [-0.1, -0.05) is 39.8 Å². The fourth-order valence-corrected chi connectivity index (χ4v) is 2.82. The average Bonchev–Trinajstić information content (AvgIpc) is 2.54. The van der Waals surface area contributed by atoms with Crippen molar-refractivity contribution in [1.29, 1.82) is 0 Å². The van der Waals surface area contributed by atoms with Gasteiger partial charge < -0.3 is 9.64 Å². The van der Waals surface area contributed by atoms with Crippen LogP contribution < -0.4 is 4.74 Å². The number of rotatable bonds is 4. The maximum absolute atomic E-state index is 12.3. The standard InChI is InChI=1S/C19H27NO3/c1-13(2)15-5-7-17(8-6-15)23-19(22)16-9-11-20(12-10-16)18(21)14(3)4/h5-8,13-14,16H,9-12H2,1-4H3. The predicted octanol–water partition coefficient (Wildman–Crippen LogP) is 3.61. The minimum Gasteiger partial charge on any atom is -0.426 e. The first-order valence-corrected chi connectivity index (χ1v) is 8.49. The molecule has 0 spiro atoms. The molecule has 1 fully saturated rings. The van der Waals surface area contributed by atoms with Gasteiger partial charge in [0.15, 0.2) is 0 Å². The van der Waals surface area contributed by atoms with Gasteiger partial charge >= 0.3 is 5.97 Å². The van der Waals surface area contributed by atoms with Gasteiger partial charge in [0.2, 0.25) is 5.91 Å². The molecule has 0 unspecified atom stereocenters. The Labute approximate surface area is 138 Å². The summed E-state index contributed by atoms with van der Waals surface area (Å²) in [6, 6.07) is 7.70. The lowest BCUT2D eigenvalue weighted by Gasteiger charge is -2.32. The lowest BCUT2D eigenvalue weighted by Crippen LogP contribution is -2.42. The highest BCUT2D eigenvalue weighted by atomic mass is 16.5. The van der Waals surface area contributed by atoms with E-state index in [9.17, 15) is 9.59 Å². The monoisotopic (exact) mass is 317 g/mol. The molecular weight excluding hydrogens is 290 g/mol. The van der Waals surface area contributed by atoms with E-state index in [0.29, 0.717) is 37.6 Å². The zero-order valence-electron chi connectivity index (χ0n) is 14.5. The summed E-state index contributed by atoms with van der Waals surface area (Å²) < 4.78 is 5.49. The second kappa shape index (κ2) is 7.62. The first-order valence-electron chi connectivity index (χ1n) is 8.49. The van der Waals surface area contributed by atoms with Crippen LogP contribution in [0.15, 0.2) is 24.3 Å². The maximum Gasteiger partial charge on any atom is 0.314 e. The van der Waals surface area contributed by atoms with Gasteiger partial charge in [0.1, 0.15) is 5.75 Å². The van der Waals surface area contributed by atoms with Crippen molar-refractivity contribution >= 4 is 11.9 Å². The summed E-state index contributed by atoms with van der Waals surface area (Å²) in [4.78, 5) is 26.1. The summed E-state index contributed by atoms with van der Waals surface area (Å²) in [7, 11) is 0. The number of carbonyl (C=O) groups is 2. The molecule has 1 saturated heterocycles. The lowest BCUT2D eigenvalue weighted by molar-refractivity contribution is -0.144. The molecule has 1 heterocycles. The summed E-state index contributed by atoms with van der Waals surface area (Å²) in [5.74, 6) is 0.941. The van der Waals surface area contributed by atoms with Crippen LogP contribution in [0.3, 0.4) is 0 Å². The van der Waals surface area contributed by atoms with E-state index < -0.39 is 0 Å². The molecule has 0 bridgehead atoms. The summed E-state index contributed by atoms with van der Waals surface area (Å²) in [6.07, 6.45) is 1.36. The summed E-state index contributed by atoms with van der Waals surface area (Å²) in [5, 5.41) is 0.